The number of thiazole rings is 1. The van der Waals surface area contributed by atoms with Gasteiger partial charge in [-0.25, -0.2) is 4.98 Å². The molecule has 1 saturated heterocycles. The molecule has 2 amide bonds. The number of likely N-dealkylation sites (tertiary alicyclic amines) is 1. The van der Waals surface area contributed by atoms with Crippen molar-refractivity contribution in [1.29, 1.82) is 0 Å². The van der Waals surface area contributed by atoms with Crippen LogP contribution in [0.2, 0.25) is 10.0 Å². The van der Waals surface area contributed by atoms with E-state index in [1.165, 1.54) is 30.4 Å². The van der Waals surface area contributed by atoms with Gasteiger partial charge in [-0.2, -0.15) is 18.3 Å². The highest BCUT2D eigenvalue weighted by atomic mass is 35.5. The number of amides is 2. The van der Waals surface area contributed by atoms with Crippen molar-refractivity contribution in [2.24, 2.45) is 0 Å². The summed E-state index contributed by atoms with van der Waals surface area (Å²) in [7, 11) is 0. The van der Waals surface area contributed by atoms with E-state index in [0.717, 1.165) is 16.4 Å². The first kappa shape index (κ1) is 26.2. The molecule has 0 radical (unpaired) electrons. The highest BCUT2D eigenvalue weighted by Gasteiger charge is 2.35. The second-order valence-corrected chi connectivity index (χ2v) is 10.00. The molecular weight excluding hydrogens is 542 g/mol. The van der Waals surface area contributed by atoms with Crippen LogP contribution in [0.15, 0.2) is 23.6 Å². The fourth-order valence-electron chi connectivity index (χ4n) is 3.90. The minimum absolute atomic E-state index is 0.0442. The molecule has 0 spiro atoms. The lowest BCUT2D eigenvalue weighted by Crippen LogP contribution is -2.40. The maximum atomic E-state index is 12.9. The van der Waals surface area contributed by atoms with Crippen molar-refractivity contribution in [3.63, 3.8) is 0 Å². The summed E-state index contributed by atoms with van der Waals surface area (Å²) in [6, 6.07) is 3.54. The lowest BCUT2D eigenvalue weighted by atomic mass is 9.94. The molecule has 0 aliphatic carbocycles. The molecule has 3 aromatic rings. The van der Waals surface area contributed by atoms with Crippen molar-refractivity contribution in [3.05, 3.63) is 56.3 Å². The molecule has 1 aliphatic rings. The number of aryl methyl sites for hydroxylation is 1. The molecule has 4 rings (SSSR count). The fourth-order valence-corrected chi connectivity index (χ4v) is 5.18. The van der Waals surface area contributed by atoms with Crippen molar-refractivity contribution >= 4 is 51.5 Å². The molecule has 0 unspecified atom stereocenters. The van der Waals surface area contributed by atoms with Gasteiger partial charge in [-0.05, 0) is 38.0 Å². The molecule has 0 bridgehead atoms. The first-order valence-electron chi connectivity index (χ1n) is 10.8. The summed E-state index contributed by atoms with van der Waals surface area (Å²) >= 11 is 13.0. The zero-order chi connectivity index (χ0) is 26.2. The standard InChI is InChI=1S/C22H20Cl2F3N5O3S/c1-11-6-17(22(25,26)27)30-32(11)9-18(33)31-4-2-12(3-5-31)16-10-36-21(28-16)29-20(35)14-7-13(23)8-15(24)19(14)34/h6-8,10,12,34H,2-5,9H2,1H3,(H,28,29,35). The van der Waals surface area contributed by atoms with E-state index < -0.39 is 17.8 Å². The van der Waals surface area contributed by atoms with Crippen molar-refractivity contribution in [3.8, 4) is 5.75 Å². The van der Waals surface area contributed by atoms with Gasteiger partial charge in [0, 0.05) is 35.1 Å². The molecule has 8 nitrogen and oxygen atoms in total. The van der Waals surface area contributed by atoms with Crippen LogP contribution in [0, 0.1) is 6.92 Å². The van der Waals surface area contributed by atoms with Crippen molar-refractivity contribution in [2.45, 2.75) is 38.4 Å². The van der Waals surface area contributed by atoms with Gasteiger partial charge in [0.2, 0.25) is 5.91 Å². The largest absolute Gasteiger partial charge is 0.506 e. The third kappa shape index (κ3) is 5.76. The number of hydrogen-bond acceptors (Lipinski definition) is 6. The summed E-state index contributed by atoms with van der Waals surface area (Å²) < 4.78 is 39.7. The Kier molecular flexibility index (Phi) is 7.48. The predicted molar refractivity (Wildman–Crippen MR) is 129 cm³/mol. The summed E-state index contributed by atoms with van der Waals surface area (Å²) in [5, 5.41) is 18.5. The highest BCUT2D eigenvalue weighted by Crippen LogP contribution is 2.34. The Morgan fingerprint density at radius 3 is 2.56 bits per heavy atom. The first-order valence-corrected chi connectivity index (χ1v) is 12.4. The minimum Gasteiger partial charge on any atom is -0.506 e. The van der Waals surface area contributed by atoms with Crippen LogP contribution in [0.5, 0.6) is 5.75 Å². The zero-order valence-corrected chi connectivity index (χ0v) is 21.1. The van der Waals surface area contributed by atoms with Crippen LogP contribution in [0.3, 0.4) is 0 Å². The zero-order valence-electron chi connectivity index (χ0n) is 18.8. The summed E-state index contributed by atoms with van der Waals surface area (Å²) in [5.41, 5.74) is -0.0816. The second-order valence-electron chi connectivity index (χ2n) is 8.30. The number of halogens is 5. The summed E-state index contributed by atoms with van der Waals surface area (Å²) in [5.74, 6) is -1.25. The van der Waals surface area contributed by atoms with Crippen LogP contribution in [0.4, 0.5) is 18.3 Å². The summed E-state index contributed by atoms with van der Waals surface area (Å²) in [6.45, 7) is 2.05. The molecule has 3 heterocycles. The van der Waals surface area contributed by atoms with E-state index in [1.807, 2.05) is 5.38 Å². The lowest BCUT2D eigenvalue weighted by molar-refractivity contribution is -0.142. The van der Waals surface area contributed by atoms with Crippen LogP contribution in [0.1, 0.15) is 46.2 Å². The monoisotopic (exact) mass is 561 g/mol. The number of rotatable bonds is 5. The van der Waals surface area contributed by atoms with E-state index in [2.05, 4.69) is 15.4 Å². The van der Waals surface area contributed by atoms with Crippen molar-refractivity contribution in [1.82, 2.24) is 19.7 Å². The number of nitrogens with one attached hydrogen (secondary N) is 1. The number of benzene rings is 1. The van der Waals surface area contributed by atoms with E-state index in [4.69, 9.17) is 23.2 Å². The number of anilines is 1. The van der Waals surface area contributed by atoms with E-state index >= 15 is 0 Å². The molecule has 36 heavy (non-hydrogen) atoms. The maximum absolute atomic E-state index is 12.9. The quantitative estimate of drug-likeness (QED) is 0.438. The molecule has 1 fully saturated rings. The van der Waals surface area contributed by atoms with Crippen molar-refractivity contribution < 1.29 is 27.9 Å². The third-order valence-electron chi connectivity index (χ3n) is 5.84. The molecule has 2 aromatic heterocycles. The van der Waals surface area contributed by atoms with Crippen LogP contribution in [-0.2, 0) is 17.5 Å². The van der Waals surface area contributed by atoms with Gasteiger partial charge in [0.05, 0.1) is 16.3 Å². The Labute approximate surface area is 217 Å². The number of aromatic hydroxyl groups is 1. The SMILES string of the molecule is Cc1cc(C(F)(F)F)nn1CC(=O)N1CCC(c2csc(NC(=O)c3cc(Cl)cc(Cl)c3O)n2)CC1. The number of hydrogen-bond donors (Lipinski definition) is 2. The van der Waals surface area contributed by atoms with Crippen LogP contribution >= 0.6 is 34.5 Å². The fraction of sp³-hybridized carbons (Fsp3) is 0.364. The number of alkyl halides is 3. The van der Waals surface area contributed by atoms with Gasteiger partial charge in [0.15, 0.2) is 10.8 Å². The molecule has 1 aromatic carbocycles. The highest BCUT2D eigenvalue weighted by molar-refractivity contribution is 7.14. The maximum Gasteiger partial charge on any atom is 0.435 e. The Bertz CT molecular complexity index is 1300. The smallest absolute Gasteiger partial charge is 0.435 e. The van der Waals surface area contributed by atoms with E-state index in [-0.39, 0.29) is 45.4 Å². The van der Waals surface area contributed by atoms with Gasteiger partial charge in [0.1, 0.15) is 12.3 Å². The average Bonchev–Trinajstić information content (AvgIpc) is 3.43. The normalized spacial score (nSPS) is 14.8. The second kappa shape index (κ2) is 10.3. The third-order valence-corrected chi connectivity index (χ3v) is 7.12. The Balaban J connectivity index is 1.33. The molecule has 192 valence electrons. The molecule has 2 N–H and O–H groups in total. The van der Waals surface area contributed by atoms with Crippen LogP contribution in [-0.4, -0.2) is 49.7 Å². The minimum atomic E-state index is -4.56. The Hall–Kier alpha value is -2.83. The van der Waals surface area contributed by atoms with Gasteiger partial charge in [-0.3, -0.25) is 19.6 Å². The topological polar surface area (TPSA) is 100 Å². The molecule has 0 atom stereocenters. The number of phenolic OH excluding ortho intramolecular Hbond substituents is 1. The number of phenols is 1. The number of carbonyl (C=O) groups is 2. The number of piperidine rings is 1. The average molecular weight is 562 g/mol. The van der Waals surface area contributed by atoms with E-state index in [9.17, 15) is 27.9 Å². The van der Waals surface area contributed by atoms with Gasteiger partial charge < -0.3 is 10.0 Å². The number of carbonyl (C=O) groups excluding carboxylic acids is 2. The Morgan fingerprint density at radius 2 is 1.92 bits per heavy atom. The van der Waals surface area contributed by atoms with Gasteiger partial charge in [-0.1, -0.05) is 23.2 Å². The first-order chi connectivity index (χ1) is 16.9. The van der Waals surface area contributed by atoms with Gasteiger partial charge in [0.25, 0.3) is 5.91 Å². The number of aromatic nitrogens is 3. The molecule has 0 saturated carbocycles. The number of nitrogens with zero attached hydrogens (tertiary/aromatic N) is 4. The molecule has 1 aliphatic heterocycles. The van der Waals surface area contributed by atoms with Crippen LogP contribution < -0.4 is 5.32 Å². The van der Waals surface area contributed by atoms with Gasteiger partial charge in [-0.15, -0.1) is 11.3 Å². The van der Waals surface area contributed by atoms with Crippen LogP contribution in [0.25, 0.3) is 0 Å². The predicted octanol–water partition coefficient (Wildman–Crippen LogP) is 5.34. The Morgan fingerprint density at radius 1 is 1.22 bits per heavy atom. The molecule has 14 heteroatoms. The summed E-state index contributed by atoms with van der Waals surface area (Å²) in [6.07, 6.45) is -3.34. The molecular formula is C22H20Cl2F3N5O3S. The summed E-state index contributed by atoms with van der Waals surface area (Å²) in [4.78, 5) is 31.2. The van der Waals surface area contributed by atoms with Gasteiger partial charge >= 0.3 is 6.18 Å². The van der Waals surface area contributed by atoms with E-state index in [0.29, 0.717) is 31.1 Å². The van der Waals surface area contributed by atoms with Crippen molar-refractivity contribution in [2.75, 3.05) is 18.4 Å². The van der Waals surface area contributed by atoms with E-state index in [1.54, 1.807) is 4.90 Å². The lowest BCUT2D eigenvalue weighted by Gasteiger charge is -2.31.